The van der Waals surface area contributed by atoms with Crippen LogP contribution in [0.15, 0.2) is 84.9 Å². The van der Waals surface area contributed by atoms with Crippen molar-refractivity contribution in [3.05, 3.63) is 113 Å². The molecule has 1 amide bonds. The maximum atomic E-state index is 13.0. The molecule has 3 unspecified atom stereocenters. The van der Waals surface area contributed by atoms with Crippen LogP contribution in [0, 0.1) is 0 Å². The summed E-state index contributed by atoms with van der Waals surface area (Å²) in [6, 6.07) is 25.2. The summed E-state index contributed by atoms with van der Waals surface area (Å²) in [7, 11) is 14.6. The number of carboxylic acids is 3. The average molecular weight is 1110 g/mol. The van der Waals surface area contributed by atoms with Crippen molar-refractivity contribution in [2.75, 3.05) is 69.1 Å². The number of hydroxylamine groups is 3. The number of nitrogens with two attached hydrogens (primary N) is 1. The van der Waals surface area contributed by atoms with Gasteiger partial charge in [-0.2, -0.15) is 10.5 Å². The van der Waals surface area contributed by atoms with Crippen LogP contribution in [0.3, 0.4) is 0 Å². The quantitative estimate of drug-likeness (QED) is 0.0258. The normalized spacial score (nSPS) is 10.6. The van der Waals surface area contributed by atoms with Gasteiger partial charge in [0.05, 0.1) is 72.4 Å². The average Bonchev–Trinajstić information content (AvgIpc) is 3.74. The number of carboxylic acid groups (broad SMARTS) is 3. The first-order valence-electron chi connectivity index (χ1n) is 21.5. The van der Waals surface area contributed by atoms with Gasteiger partial charge in [-0.05, 0) is 22.3 Å². The third-order valence-electron chi connectivity index (χ3n) is 10.2. The second-order valence-electron chi connectivity index (χ2n) is 14.5. The van der Waals surface area contributed by atoms with E-state index in [0.717, 1.165) is 32.9 Å². The van der Waals surface area contributed by atoms with Gasteiger partial charge in [0.15, 0.2) is 26.1 Å². The number of hydrogen-bond acceptors (Lipinski definition) is 20. The highest BCUT2D eigenvalue weighted by molar-refractivity contribution is 7.10. The second-order valence-corrected chi connectivity index (χ2v) is 15.3. The van der Waals surface area contributed by atoms with Crippen LogP contribution in [-0.4, -0.2) is 120 Å². The van der Waals surface area contributed by atoms with Crippen LogP contribution in [0.25, 0.3) is 11.1 Å². The molecule has 1 aliphatic rings. The van der Waals surface area contributed by atoms with Crippen LogP contribution in [0.4, 0.5) is 4.79 Å². The van der Waals surface area contributed by atoms with Crippen molar-refractivity contribution in [1.82, 2.24) is 10.5 Å². The van der Waals surface area contributed by atoms with Gasteiger partial charge in [-0.25, -0.2) is 25.1 Å². The van der Waals surface area contributed by atoms with Crippen molar-refractivity contribution >= 4 is 58.7 Å². The minimum absolute atomic E-state index is 0.0638. The fourth-order valence-electron chi connectivity index (χ4n) is 7.03. The summed E-state index contributed by atoms with van der Waals surface area (Å²) in [5.74, 6) is 4.00. The monoisotopic (exact) mass is 1110 g/mol. The SMILES string of the molecule is COc1cc(OCC(=O)O)cc(OC)c1C=O.COc1cc(OCC(=O)O)cc(OC)c1CN(OP)C(=O)OCC1c2ccccc2-c2ccccc21.COc1cc(OCC(=O)O)cc(OC)c1CNOP.NOP. The van der Waals surface area contributed by atoms with Crippen molar-refractivity contribution in [3.8, 4) is 62.9 Å². The molecule has 0 aromatic heterocycles. The summed E-state index contributed by atoms with van der Waals surface area (Å²) in [5, 5.41) is 27.0. The smallest absolute Gasteiger partial charge is 0.434 e. The fourth-order valence-corrected chi connectivity index (χ4v) is 7.28. The summed E-state index contributed by atoms with van der Waals surface area (Å²) in [6.07, 6.45) is -0.0966. The summed E-state index contributed by atoms with van der Waals surface area (Å²) < 4.78 is 65.9. The molecule has 0 radical (unpaired) electrons. The highest BCUT2D eigenvalue weighted by Gasteiger charge is 2.30. The molecule has 0 spiro atoms. The second kappa shape index (κ2) is 32.8. The molecule has 5 aromatic rings. The van der Waals surface area contributed by atoms with Crippen molar-refractivity contribution in [2.45, 2.75) is 19.0 Å². The Balaban J connectivity index is 0.000000320. The molecule has 0 saturated heterocycles. The summed E-state index contributed by atoms with van der Waals surface area (Å²) in [6.45, 7) is -1.01. The Bertz CT molecular complexity index is 2560. The van der Waals surface area contributed by atoms with E-state index in [2.05, 4.69) is 37.6 Å². The minimum Gasteiger partial charge on any atom is -0.496 e. The van der Waals surface area contributed by atoms with Crippen LogP contribution in [0.2, 0.25) is 0 Å². The number of nitrogens with one attached hydrogen (secondary N) is 1. The minimum atomic E-state index is -1.12. The van der Waals surface area contributed by atoms with Crippen LogP contribution in [-0.2, 0) is 46.1 Å². The van der Waals surface area contributed by atoms with Crippen LogP contribution in [0.1, 0.15) is 38.5 Å². The molecule has 0 aliphatic heterocycles. The molecule has 6 rings (SSSR count). The fraction of sp³-hybridized carbons (Fsp3) is 0.271. The number of fused-ring (bicyclic) bond motifs is 3. The van der Waals surface area contributed by atoms with E-state index in [1.807, 2.05) is 55.3 Å². The van der Waals surface area contributed by atoms with Gasteiger partial charge in [0.1, 0.15) is 58.4 Å². The Morgan fingerprint density at radius 1 is 0.600 bits per heavy atom. The van der Waals surface area contributed by atoms with E-state index >= 15 is 0 Å². The van der Waals surface area contributed by atoms with Crippen molar-refractivity contribution in [3.63, 3.8) is 0 Å². The van der Waals surface area contributed by atoms with E-state index in [9.17, 15) is 24.0 Å². The van der Waals surface area contributed by atoms with Crippen molar-refractivity contribution in [2.24, 2.45) is 5.90 Å². The molecule has 0 heterocycles. The third kappa shape index (κ3) is 18.6. The first kappa shape index (κ1) is 62.0. The van der Waals surface area contributed by atoms with E-state index < -0.39 is 43.8 Å². The van der Waals surface area contributed by atoms with Gasteiger partial charge in [0.2, 0.25) is 0 Å². The molecule has 1 aliphatic carbocycles. The molecule has 3 atom stereocenters. The highest BCUT2D eigenvalue weighted by Crippen LogP contribution is 2.45. The summed E-state index contributed by atoms with van der Waals surface area (Å²) >= 11 is 0. The lowest BCUT2D eigenvalue weighted by atomic mass is 9.98. The van der Waals surface area contributed by atoms with Crippen molar-refractivity contribution in [1.29, 1.82) is 0 Å². The van der Waals surface area contributed by atoms with E-state index in [0.29, 0.717) is 47.1 Å². The zero-order valence-electron chi connectivity index (χ0n) is 41.4. The number of carbonyl (C=O) groups is 5. The maximum absolute atomic E-state index is 13.0. The molecule has 0 bridgehead atoms. The number of aliphatic carboxylic acids is 3. The van der Waals surface area contributed by atoms with E-state index in [-0.39, 0.29) is 47.6 Å². The van der Waals surface area contributed by atoms with E-state index in [1.54, 1.807) is 12.1 Å². The lowest BCUT2D eigenvalue weighted by Crippen LogP contribution is -2.30. The number of hydrogen-bond donors (Lipinski definition) is 5. The van der Waals surface area contributed by atoms with Crippen LogP contribution < -0.4 is 54.0 Å². The standard InChI is InChI=1S/C26H26NO8P.C11H16NO6P.C11H12O6.H4NOP/c1-31-23-11-16(33-15-25(28)29)12-24(32-2)21(23)13-27(35-36)26(30)34-14-22-19-9-5-3-7-17(19)18-8-4-6-10-20(18)22;1-15-9-3-7(17-6-11(13)14)4-10(16-2)8(9)5-12-18-19;1-15-9-3-7(17-6-11(13)14)4-10(16-2)8(9)5-12;1-2-3/h3-12,22H,13-15,36H2,1-2H3,(H,28,29);3-4,12H,5-6,19H2,1-2H3,(H,13,14);3-5H,6H2,1-2H3,(H,13,14);1,3H2. The van der Waals surface area contributed by atoms with E-state index in [1.165, 1.54) is 66.9 Å². The molecule has 6 N–H and O–H groups in total. The van der Waals surface area contributed by atoms with Crippen LogP contribution in [0.5, 0.6) is 51.7 Å². The van der Waals surface area contributed by atoms with Gasteiger partial charge >= 0.3 is 24.0 Å². The van der Waals surface area contributed by atoms with Gasteiger partial charge in [0.25, 0.3) is 0 Å². The Labute approximate surface area is 438 Å². The number of nitrogens with zero attached hydrogens (tertiary/aromatic N) is 1. The molecule has 0 fully saturated rings. The van der Waals surface area contributed by atoms with Gasteiger partial charge in [-0.15, -0.1) is 0 Å². The zero-order chi connectivity index (χ0) is 55.5. The number of rotatable bonds is 24. The number of benzene rings is 5. The lowest BCUT2D eigenvalue weighted by Gasteiger charge is -2.23. The number of ether oxygens (including phenoxy) is 10. The van der Waals surface area contributed by atoms with E-state index in [4.69, 9.17) is 71.9 Å². The highest BCUT2D eigenvalue weighted by atomic mass is 31.0. The molecule has 0 saturated carbocycles. The Kier molecular flexibility index (Phi) is 27.2. The first-order chi connectivity index (χ1) is 36.1. The van der Waals surface area contributed by atoms with Crippen molar-refractivity contribution < 1.29 is 101 Å². The Morgan fingerprint density at radius 2 is 0.960 bits per heavy atom. The summed E-state index contributed by atoms with van der Waals surface area (Å²) in [4.78, 5) is 55.5. The molecule has 406 valence electrons. The molecular formula is C48H58N3O21P3. The largest absolute Gasteiger partial charge is 0.496 e. The molecule has 27 heteroatoms. The molecular weight excluding hydrogens is 1050 g/mol. The molecule has 75 heavy (non-hydrogen) atoms. The molecule has 24 nitrogen and oxygen atoms in total. The number of carbonyl (C=O) groups excluding carboxylic acids is 2. The first-order valence-corrected chi connectivity index (χ1v) is 22.9. The topological polar surface area (TPSA) is 307 Å². The molecule has 5 aromatic carbocycles. The number of aldehydes is 1. The van der Waals surface area contributed by atoms with Gasteiger partial charge < -0.3 is 62.7 Å². The zero-order valence-corrected chi connectivity index (χ0v) is 44.9. The number of methoxy groups -OCH3 is 6. The maximum Gasteiger partial charge on any atom is 0.434 e. The predicted octanol–water partition coefficient (Wildman–Crippen LogP) is 6.27. The predicted molar refractivity (Wildman–Crippen MR) is 277 cm³/mol. The lowest BCUT2D eigenvalue weighted by molar-refractivity contribution is -0.140. The van der Waals surface area contributed by atoms with Gasteiger partial charge in [0, 0.05) is 70.7 Å². The van der Waals surface area contributed by atoms with Gasteiger partial charge in [-0.1, -0.05) is 48.5 Å². The van der Waals surface area contributed by atoms with Gasteiger partial charge in [-0.3, -0.25) is 18.7 Å². The number of amides is 1. The summed E-state index contributed by atoms with van der Waals surface area (Å²) in [5.41, 5.74) is 8.58. The Morgan fingerprint density at radius 3 is 1.29 bits per heavy atom. The Hall–Kier alpha value is -7.26. The van der Waals surface area contributed by atoms with Crippen LogP contribution >= 0.6 is 28.4 Å². The third-order valence-corrected chi connectivity index (χ3v) is 10.6.